The van der Waals surface area contributed by atoms with Gasteiger partial charge in [0.15, 0.2) is 0 Å². The minimum absolute atomic E-state index is 0.489. The van der Waals surface area contributed by atoms with Crippen LogP contribution in [0.1, 0.15) is 12.5 Å². The van der Waals surface area contributed by atoms with Crippen molar-refractivity contribution < 1.29 is 9.47 Å². The zero-order valence-corrected chi connectivity index (χ0v) is 12.7. The fourth-order valence-electron chi connectivity index (χ4n) is 1.53. The monoisotopic (exact) mass is 303 g/mol. The first-order valence-corrected chi connectivity index (χ1v) is 6.86. The van der Waals surface area contributed by atoms with Crippen LogP contribution in [0.15, 0.2) is 24.3 Å². The van der Waals surface area contributed by atoms with Crippen LogP contribution in [0.4, 0.5) is 0 Å². The summed E-state index contributed by atoms with van der Waals surface area (Å²) in [7, 11) is 1.67. The highest BCUT2D eigenvalue weighted by Gasteiger charge is 2.10. The quantitative estimate of drug-likeness (QED) is 0.587. The van der Waals surface area contributed by atoms with Crippen molar-refractivity contribution in [3.05, 3.63) is 39.9 Å². The molecule has 3 nitrogen and oxygen atoms in total. The summed E-state index contributed by atoms with van der Waals surface area (Å²) in [5.41, 5.74) is 0.943. The van der Waals surface area contributed by atoms with E-state index in [2.05, 4.69) is 5.32 Å². The molecular formula is C14H19Cl2NO2. The molecule has 1 rings (SSSR count). The van der Waals surface area contributed by atoms with Crippen LogP contribution in [0.5, 0.6) is 5.75 Å². The summed E-state index contributed by atoms with van der Waals surface area (Å²) in [4.78, 5) is 0. The topological polar surface area (TPSA) is 30.5 Å². The van der Waals surface area contributed by atoms with E-state index < -0.39 is 0 Å². The lowest BCUT2D eigenvalue weighted by atomic mass is 10.2. The van der Waals surface area contributed by atoms with Crippen molar-refractivity contribution in [2.45, 2.75) is 13.5 Å². The molecule has 1 aromatic carbocycles. The number of nitrogens with one attached hydrogen (secondary N) is 1. The minimum atomic E-state index is 0.489. The summed E-state index contributed by atoms with van der Waals surface area (Å²) in [5.74, 6) is 0.675. The summed E-state index contributed by atoms with van der Waals surface area (Å²) < 4.78 is 10.7. The van der Waals surface area contributed by atoms with Crippen molar-refractivity contribution in [3.8, 4) is 5.75 Å². The van der Waals surface area contributed by atoms with Gasteiger partial charge in [0, 0.05) is 30.8 Å². The third kappa shape index (κ3) is 5.83. The van der Waals surface area contributed by atoms with E-state index in [1.807, 2.05) is 25.1 Å². The lowest BCUT2D eigenvalue weighted by molar-refractivity contribution is 0.199. The molecule has 19 heavy (non-hydrogen) atoms. The second-order valence-corrected chi connectivity index (χ2v) is 4.77. The van der Waals surface area contributed by atoms with Crippen LogP contribution in [0, 0.1) is 0 Å². The highest BCUT2D eigenvalue weighted by molar-refractivity contribution is 6.35. The number of halogens is 2. The van der Waals surface area contributed by atoms with Crippen molar-refractivity contribution in [2.24, 2.45) is 0 Å². The lowest BCUT2D eigenvalue weighted by Crippen LogP contribution is -2.19. The Labute approximate surface area is 124 Å². The van der Waals surface area contributed by atoms with Gasteiger partial charge in [-0.05, 0) is 19.1 Å². The van der Waals surface area contributed by atoms with Crippen LogP contribution in [0.3, 0.4) is 0 Å². The highest BCUT2D eigenvalue weighted by Crippen LogP contribution is 2.32. The molecule has 0 amide bonds. The van der Waals surface area contributed by atoms with Crippen molar-refractivity contribution in [1.82, 2.24) is 5.32 Å². The third-order valence-corrected chi connectivity index (χ3v) is 2.94. The number of hydrogen-bond acceptors (Lipinski definition) is 3. The van der Waals surface area contributed by atoms with Gasteiger partial charge < -0.3 is 14.8 Å². The van der Waals surface area contributed by atoms with Gasteiger partial charge in [-0.1, -0.05) is 35.4 Å². The molecule has 0 aliphatic carbocycles. The van der Waals surface area contributed by atoms with Crippen LogP contribution in [-0.2, 0) is 11.3 Å². The van der Waals surface area contributed by atoms with Crippen LogP contribution < -0.4 is 10.1 Å². The Morgan fingerprint density at radius 2 is 2.11 bits per heavy atom. The number of allylic oxidation sites excluding steroid dienone is 1. The average molecular weight is 304 g/mol. The molecule has 0 bridgehead atoms. The summed E-state index contributed by atoms with van der Waals surface area (Å²) in [6.45, 7) is 4.48. The first-order valence-electron chi connectivity index (χ1n) is 6.10. The van der Waals surface area contributed by atoms with Gasteiger partial charge in [-0.15, -0.1) is 0 Å². The third-order valence-electron chi connectivity index (χ3n) is 2.44. The average Bonchev–Trinajstić information content (AvgIpc) is 2.37. The smallest absolute Gasteiger partial charge is 0.142 e. The summed E-state index contributed by atoms with van der Waals surface area (Å²) in [6, 6.07) is 3.55. The molecule has 0 heterocycles. The Morgan fingerprint density at radius 1 is 1.32 bits per heavy atom. The molecule has 0 atom stereocenters. The molecule has 0 saturated heterocycles. The zero-order valence-electron chi connectivity index (χ0n) is 11.2. The fraction of sp³-hybridized carbons (Fsp3) is 0.429. The number of methoxy groups -OCH3 is 1. The number of rotatable bonds is 8. The second-order valence-electron chi connectivity index (χ2n) is 3.93. The van der Waals surface area contributed by atoms with Crippen molar-refractivity contribution in [1.29, 1.82) is 0 Å². The van der Waals surface area contributed by atoms with Gasteiger partial charge in [0.2, 0.25) is 0 Å². The van der Waals surface area contributed by atoms with E-state index >= 15 is 0 Å². The second kappa shape index (κ2) is 9.21. The number of hydrogen-bond donors (Lipinski definition) is 1. The summed E-state index contributed by atoms with van der Waals surface area (Å²) in [5, 5.41) is 4.38. The molecule has 5 heteroatoms. The summed E-state index contributed by atoms with van der Waals surface area (Å²) >= 11 is 12.2. The van der Waals surface area contributed by atoms with Crippen LogP contribution in [-0.4, -0.2) is 26.9 Å². The molecule has 0 radical (unpaired) electrons. The van der Waals surface area contributed by atoms with Gasteiger partial charge in [-0.25, -0.2) is 0 Å². The van der Waals surface area contributed by atoms with E-state index in [4.69, 9.17) is 32.7 Å². The molecule has 0 saturated carbocycles. The van der Waals surface area contributed by atoms with E-state index in [-0.39, 0.29) is 0 Å². The Bertz CT molecular complexity index is 422. The van der Waals surface area contributed by atoms with E-state index in [0.717, 1.165) is 12.1 Å². The largest absolute Gasteiger partial charge is 0.488 e. The van der Waals surface area contributed by atoms with Gasteiger partial charge in [0.1, 0.15) is 12.4 Å². The first kappa shape index (κ1) is 16.3. The summed E-state index contributed by atoms with van der Waals surface area (Å²) in [6.07, 6.45) is 3.85. The molecule has 1 aromatic rings. The normalized spacial score (nSPS) is 11.2. The van der Waals surface area contributed by atoms with Crippen LogP contribution in [0.25, 0.3) is 0 Å². The first-order chi connectivity index (χ1) is 9.19. The van der Waals surface area contributed by atoms with Crippen molar-refractivity contribution in [2.75, 3.05) is 26.9 Å². The maximum atomic E-state index is 6.17. The minimum Gasteiger partial charge on any atom is -0.488 e. The number of ether oxygens (including phenoxy) is 2. The van der Waals surface area contributed by atoms with Crippen molar-refractivity contribution in [3.63, 3.8) is 0 Å². The zero-order chi connectivity index (χ0) is 14.1. The molecular weight excluding hydrogens is 285 g/mol. The molecule has 0 unspecified atom stereocenters. The fourth-order valence-corrected chi connectivity index (χ4v) is 2.12. The molecule has 0 aliphatic rings. The van der Waals surface area contributed by atoms with Gasteiger partial charge in [-0.3, -0.25) is 0 Å². The van der Waals surface area contributed by atoms with Gasteiger partial charge in [0.25, 0.3) is 0 Å². The van der Waals surface area contributed by atoms with Crippen LogP contribution >= 0.6 is 23.2 Å². The van der Waals surface area contributed by atoms with Crippen molar-refractivity contribution >= 4 is 23.2 Å². The van der Waals surface area contributed by atoms with Gasteiger partial charge >= 0.3 is 0 Å². The lowest BCUT2D eigenvalue weighted by Gasteiger charge is -2.13. The predicted octanol–water partition coefficient (Wildman–Crippen LogP) is 3.68. The Balaban J connectivity index is 2.74. The Kier molecular flexibility index (Phi) is 7.91. The van der Waals surface area contributed by atoms with Gasteiger partial charge in [0.05, 0.1) is 11.6 Å². The van der Waals surface area contributed by atoms with E-state index in [9.17, 15) is 0 Å². The Morgan fingerprint density at radius 3 is 2.79 bits per heavy atom. The van der Waals surface area contributed by atoms with Crippen LogP contribution in [0.2, 0.25) is 10.0 Å². The van der Waals surface area contributed by atoms with E-state index in [1.54, 1.807) is 13.2 Å². The molecule has 106 valence electrons. The van der Waals surface area contributed by atoms with E-state index in [0.29, 0.717) is 35.6 Å². The Hall–Kier alpha value is -0.740. The number of benzene rings is 1. The SMILES string of the molecule is CC=CCOc1c(Cl)cc(Cl)cc1CNCCOC. The van der Waals surface area contributed by atoms with E-state index in [1.165, 1.54) is 0 Å². The molecule has 1 N–H and O–H groups in total. The molecule has 0 fully saturated rings. The highest BCUT2D eigenvalue weighted by atomic mass is 35.5. The molecule has 0 aliphatic heterocycles. The van der Waals surface area contributed by atoms with Gasteiger partial charge in [-0.2, -0.15) is 0 Å². The maximum Gasteiger partial charge on any atom is 0.142 e. The molecule has 0 aromatic heterocycles. The standard InChI is InChI=1S/C14H19Cl2NO2/c1-3-4-6-19-14-11(10-17-5-7-18-2)8-12(15)9-13(14)16/h3-4,8-9,17H,5-7,10H2,1-2H3. The predicted molar refractivity (Wildman–Crippen MR) is 80.4 cm³/mol. The molecule has 0 spiro atoms. The maximum absolute atomic E-state index is 6.17.